The van der Waals surface area contributed by atoms with Crippen molar-refractivity contribution in [1.29, 1.82) is 0 Å². The van der Waals surface area contributed by atoms with Gasteiger partial charge in [-0.1, -0.05) is 0 Å². The molecule has 0 bridgehead atoms. The Kier molecular flexibility index (Phi) is 5.21. The predicted octanol–water partition coefficient (Wildman–Crippen LogP) is 0.934. The van der Waals surface area contributed by atoms with E-state index in [-0.39, 0.29) is 12.1 Å². The molecule has 5 heteroatoms. The largest absolute Gasteiger partial charge is 0.444 e. The molecular formula is C12H25N3O2. The maximum atomic E-state index is 12.0. The second-order valence-corrected chi connectivity index (χ2v) is 5.46. The normalized spacial score (nSPS) is 20.7. The van der Waals surface area contributed by atoms with Crippen molar-refractivity contribution in [2.24, 2.45) is 5.73 Å². The van der Waals surface area contributed by atoms with Crippen LogP contribution in [0, 0.1) is 0 Å². The van der Waals surface area contributed by atoms with Crippen molar-refractivity contribution in [3.05, 3.63) is 0 Å². The van der Waals surface area contributed by atoms with Crippen LogP contribution in [-0.2, 0) is 4.74 Å². The molecule has 0 saturated carbocycles. The van der Waals surface area contributed by atoms with Crippen molar-refractivity contribution in [1.82, 2.24) is 10.2 Å². The second kappa shape index (κ2) is 6.21. The average molecular weight is 243 g/mol. The molecule has 1 rings (SSSR count). The number of likely N-dealkylation sites (tertiary alicyclic amines) is 1. The first-order chi connectivity index (χ1) is 7.94. The third-order valence-electron chi connectivity index (χ3n) is 2.71. The minimum Gasteiger partial charge on any atom is -0.444 e. The first-order valence-corrected chi connectivity index (χ1v) is 6.34. The Labute approximate surface area is 104 Å². The van der Waals surface area contributed by atoms with Crippen molar-refractivity contribution in [3.8, 4) is 0 Å². The summed E-state index contributed by atoms with van der Waals surface area (Å²) >= 11 is 0. The number of hydrogen-bond donors (Lipinski definition) is 2. The van der Waals surface area contributed by atoms with E-state index >= 15 is 0 Å². The summed E-state index contributed by atoms with van der Waals surface area (Å²) in [5, 5.41) is 3.25. The molecule has 0 spiro atoms. The zero-order valence-corrected chi connectivity index (χ0v) is 11.2. The minimum absolute atomic E-state index is 0.199. The Balaban J connectivity index is 2.42. The molecule has 1 unspecified atom stereocenters. The third-order valence-corrected chi connectivity index (χ3v) is 2.71. The Morgan fingerprint density at radius 1 is 1.53 bits per heavy atom. The van der Waals surface area contributed by atoms with Gasteiger partial charge in [0.1, 0.15) is 5.60 Å². The molecule has 1 aliphatic heterocycles. The predicted molar refractivity (Wildman–Crippen MR) is 67.9 cm³/mol. The van der Waals surface area contributed by atoms with Crippen molar-refractivity contribution >= 4 is 6.09 Å². The van der Waals surface area contributed by atoms with Gasteiger partial charge in [0, 0.05) is 32.2 Å². The van der Waals surface area contributed by atoms with E-state index in [2.05, 4.69) is 5.32 Å². The van der Waals surface area contributed by atoms with E-state index in [0.717, 1.165) is 32.5 Å². The van der Waals surface area contributed by atoms with Gasteiger partial charge in [-0.05, 0) is 33.6 Å². The van der Waals surface area contributed by atoms with Crippen LogP contribution in [0.2, 0.25) is 0 Å². The fourth-order valence-electron chi connectivity index (χ4n) is 1.98. The summed E-state index contributed by atoms with van der Waals surface area (Å²) in [7, 11) is 0. The number of rotatable bonds is 4. The molecular weight excluding hydrogens is 218 g/mol. The third kappa shape index (κ3) is 4.91. The van der Waals surface area contributed by atoms with Crippen LogP contribution in [-0.4, -0.2) is 48.8 Å². The lowest BCUT2D eigenvalue weighted by Gasteiger charge is -2.28. The van der Waals surface area contributed by atoms with Gasteiger partial charge in [-0.3, -0.25) is 0 Å². The highest BCUT2D eigenvalue weighted by molar-refractivity contribution is 5.69. The molecule has 0 aromatic rings. The van der Waals surface area contributed by atoms with Crippen molar-refractivity contribution in [2.45, 2.75) is 45.3 Å². The Hall–Kier alpha value is -0.810. The minimum atomic E-state index is -0.422. The molecule has 0 aliphatic carbocycles. The standard InChI is InChI=1S/C12H25N3O2/c1-12(2,3)17-11(16)15-8-4-5-10(15)9-14-7-6-13/h10,14H,4-9,13H2,1-3H3. The van der Waals surface area contributed by atoms with Crippen LogP contribution in [0.25, 0.3) is 0 Å². The molecule has 1 heterocycles. The van der Waals surface area contributed by atoms with Crippen molar-refractivity contribution < 1.29 is 9.53 Å². The molecule has 3 N–H and O–H groups in total. The number of carbonyl (C=O) groups excluding carboxylic acids is 1. The summed E-state index contributed by atoms with van der Waals surface area (Å²) < 4.78 is 5.39. The fraction of sp³-hybridized carbons (Fsp3) is 0.917. The first kappa shape index (κ1) is 14.3. The van der Waals surface area contributed by atoms with E-state index in [9.17, 15) is 4.79 Å². The molecule has 1 saturated heterocycles. The summed E-state index contributed by atoms with van der Waals surface area (Å²) in [4.78, 5) is 13.8. The van der Waals surface area contributed by atoms with Gasteiger partial charge < -0.3 is 20.7 Å². The van der Waals surface area contributed by atoms with Gasteiger partial charge in [-0.2, -0.15) is 0 Å². The summed E-state index contributed by atoms with van der Waals surface area (Å²) in [6, 6.07) is 0.247. The second-order valence-electron chi connectivity index (χ2n) is 5.46. The van der Waals surface area contributed by atoms with Gasteiger partial charge in [0.05, 0.1) is 0 Å². The van der Waals surface area contributed by atoms with E-state index in [0.29, 0.717) is 6.54 Å². The van der Waals surface area contributed by atoms with Crippen LogP contribution in [0.15, 0.2) is 0 Å². The quantitative estimate of drug-likeness (QED) is 0.721. The first-order valence-electron chi connectivity index (χ1n) is 6.34. The summed E-state index contributed by atoms with van der Waals surface area (Å²) in [5.41, 5.74) is 5.00. The number of nitrogens with two attached hydrogens (primary N) is 1. The topological polar surface area (TPSA) is 67.6 Å². The molecule has 0 radical (unpaired) electrons. The maximum Gasteiger partial charge on any atom is 0.410 e. The molecule has 0 aromatic carbocycles. The zero-order valence-electron chi connectivity index (χ0n) is 11.2. The maximum absolute atomic E-state index is 12.0. The van der Waals surface area contributed by atoms with E-state index in [1.165, 1.54) is 0 Å². The van der Waals surface area contributed by atoms with Crippen LogP contribution >= 0.6 is 0 Å². The lowest BCUT2D eigenvalue weighted by atomic mass is 10.2. The Bertz CT molecular complexity index is 251. The smallest absolute Gasteiger partial charge is 0.410 e. The summed E-state index contributed by atoms with van der Waals surface area (Å²) in [6.45, 7) is 8.69. The number of amides is 1. The van der Waals surface area contributed by atoms with E-state index < -0.39 is 5.60 Å². The highest BCUT2D eigenvalue weighted by atomic mass is 16.6. The van der Waals surface area contributed by atoms with Crippen LogP contribution in [0.1, 0.15) is 33.6 Å². The number of ether oxygens (including phenoxy) is 1. The monoisotopic (exact) mass is 243 g/mol. The lowest BCUT2D eigenvalue weighted by molar-refractivity contribution is 0.0227. The Morgan fingerprint density at radius 3 is 2.82 bits per heavy atom. The number of hydrogen-bond acceptors (Lipinski definition) is 4. The summed E-state index contributed by atoms with van der Waals surface area (Å²) in [6.07, 6.45) is 1.89. The number of nitrogens with one attached hydrogen (secondary N) is 1. The molecule has 1 atom stereocenters. The van der Waals surface area contributed by atoms with Gasteiger partial charge in [0.25, 0.3) is 0 Å². The molecule has 1 aliphatic rings. The van der Waals surface area contributed by atoms with Crippen LogP contribution in [0.3, 0.4) is 0 Å². The number of carbonyl (C=O) groups is 1. The molecule has 0 aromatic heterocycles. The average Bonchev–Trinajstić information content (AvgIpc) is 2.64. The summed E-state index contributed by atoms with van der Waals surface area (Å²) in [5.74, 6) is 0. The van der Waals surface area contributed by atoms with Crippen molar-refractivity contribution in [3.63, 3.8) is 0 Å². The Morgan fingerprint density at radius 2 is 2.24 bits per heavy atom. The van der Waals surface area contributed by atoms with Gasteiger partial charge in [-0.15, -0.1) is 0 Å². The molecule has 100 valence electrons. The van der Waals surface area contributed by atoms with Gasteiger partial charge in [0.2, 0.25) is 0 Å². The van der Waals surface area contributed by atoms with Gasteiger partial charge in [-0.25, -0.2) is 4.79 Å². The van der Waals surface area contributed by atoms with E-state index in [1.807, 2.05) is 25.7 Å². The van der Waals surface area contributed by atoms with E-state index in [1.54, 1.807) is 0 Å². The van der Waals surface area contributed by atoms with E-state index in [4.69, 9.17) is 10.5 Å². The van der Waals surface area contributed by atoms with Crippen LogP contribution < -0.4 is 11.1 Å². The lowest BCUT2D eigenvalue weighted by Crippen LogP contribution is -2.44. The van der Waals surface area contributed by atoms with Gasteiger partial charge >= 0.3 is 6.09 Å². The number of nitrogens with zero attached hydrogens (tertiary/aromatic N) is 1. The fourth-order valence-corrected chi connectivity index (χ4v) is 1.98. The molecule has 17 heavy (non-hydrogen) atoms. The SMILES string of the molecule is CC(C)(C)OC(=O)N1CCCC1CNCCN. The van der Waals surface area contributed by atoms with Crippen LogP contribution in [0.5, 0.6) is 0 Å². The molecule has 1 amide bonds. The highest BCUT2D eigenvalue weighted by Crippen LogP contribution is 2.20. The highest BCUT2D eigenvalue weighted by Gasteiger charge is 2.31. The van der Waals surface area contributed by atoms with Gasteiger partial charge in [0.15, 0.2) is 0 Å². The van der Waals surface area contributed by atoms with Crippen LogP contribution in [0.4, 0.5) is 4.79 Å². The molecule has 5 nitrogen and oxygen atoms in total. The zero-order chi connectivity index (χ0) is 12.9. The molecule has 1 fully saturated rings. The van der Waals surface area contributed by atoms with Crippen molar-refractivity contribution in [2.75, 3.05) is 26.2 Å².